The fourth-order valence-electron chi connectivity index (χ4n) is 2.26. The first-order chi connectivity index (χ1) is 9.82. The molecule has 0 saturated heterocycles. The Morgan fingerprint density at radius 2 is 2.10 bits per heavy atom. The fourth-order valence-corrected chi connectivity index (χ4v) is 4.30. The summed E-state index contributed by atoms with van der Waals surface area (Å²) in [5, 5.41) is 3.21. The lowest BCUT2D eigenvalue weighted by Crippen LogP contribution is -2.30. The zero-order chi connectivity index (χ0) is 15.6. The van der Waals surface area contributed by atoms with Crippen LogP contribution in [0.5, 0.6) is 0 Å². The van der Waals surface area contributed by atoms with Crippen molar-refractivity contribution < 1.29 is 0 Å². The van der Waals surface area contributed by atoms with Gasteiger partial charge in [0.05, 0.1) is 5.69 Å². The topological polar surface area (TPSA) is 42.2 Å². The molecule has 0 bridgehead atoms. The first-order valence-corrected chi connectivity index (χ1v) is 8.98. The van der Waals surface area contributed by atoms with Gasteiger partial charge in [0, 0.05) is 41.2 Å². The molecule has 0 aliphatic heterocycles. The summed E-state index contributed by atoms with van der Waals surface area (Å²) in [5.41, 5.74) is 7.08. The van der Waals surface area contributed by atoms with E-state index < -0.39 is 0 Å². The van der Waals surface area contributed by atoms with Gasteiger partial charge in [-0.2, -0.15) is 0 Å². The molecule has 0 aliphatic rings. The van der Waals surface area contributed by atoms with Crippen LogP contribution in [-0.4, -0.2) is 18.1 Å². The van der Waals surface area contributed by atoms with E-state index in [1.807, 2.05) is 11.3 Å². The van der Waals surface area contributed by atoms with Crippen LogP contribution in [0, 0.1) is 0 Å². The van der Waals surface area contributed by atoms with Crippen molar-refractivity contribution in [2.75, 3.05) is 11.9 Å². The van der Waals surface area contributed by atoms with Crippen LogP contribution in [0.15, 0.2) is 17.5 Å². The molecule has 21 heavy (non-hydrogen) atoms. The molecule has 1 unspecified atom stereocenters. The molecule has 2 aromatic heterocycles. The molecule has 3 nitrogen and oxygen atoms in total. The number of thiophene rings is 1. The highest BCUT2D eigenvalue weighted by atomic mass is 32.1. The number of nitrogens with zero attached hydrogens (tertiary/aromatic N) is 2. The summed E-state index contributed by atoms with van der Waals surface area (Å²) in [6.07, 6.45) is 1.05. The minimum Gasteiger partial charge on any atom is -0.348 e. The van der Waals surface area contributed by atoms with E-state index in [0.717, 1.165) is 17.2 Å². The van der Waals surface area contributed by atoms with Gasteiger partial charge in [-0.1, -0.05) is 26.8 Å². The second kappa shape index (κ2) is 6.46. The van der Waals surface area contributed by atoms with E-state index in [1.165, 1.54) is 9.75 Å². The van der Waals surface area contributed by atoms with Gasteiger partial charge >= 0.3 is 0 Å². The molecule has 0 aromatic carbocycles. The predicted octanol–water partition coefficient (Wildman–Crippen LogP) is 4.03. The lowest BCUT2D eigenvalue weighted by atomic mass is 9.91. The van der Waals surface area contributed by atoms with Crippen LogP contribution in [0.3, 0.4) is 0 Å². The predicted molar refractivity (Wildman–Crippen MR) is 94.6 cm³/mol. The van der Waals surface area contributed by atoms with E-state index in [0.29, 0.717) is 12.6 Å². The SMILES string of the molecule is CC(Cc1cccs1)N(C)c1nc(C(C)(C)C)c(CN)s1. The van der Waals surface area contributed by atoms with Crippen molar-refractivity contribution in [2.24, 2.45) is 5.73 Å². The molecule has 116 valence electrons. The summed E-state index contributed by atoms with van der Waals surface area (Å²) in [7, 11) is 2.13. The Morgan fingerprint density at radius 1 is 1.38 bits per heavy atom. The Morgan fingerprint density at radius 3 is 2.57 bits per heavy atom. The molecule has 0 saturated carbocycles. The first kappa shape index (κ1) is 16.5. The quantitative estimate of drug-likeness (QED) is 0.903. The molecule has 5 heteroatoms. The number of thiazole rings is 1. The molecule has 2 heterocycles. The average Bonchev–Trinajstić information content (AvgIpc) is 3.05. The maximum Gasteiger partial charge on any atom is 0.185 e. The average molecular weight is 324 g/mol. The molecule has 0 amide bonds. The largest absolute Gasteiger partial charge is 0.348 e. The lowest BCUT2D eigenvalue weighted by Gasteiger charge is -2.24. The van der Waals surface area contributed by atoms with Crippen LogP contribution in [0.25, 0.3) is 0 Å². The number of hydrogen-bond acceptors (Lipinski definition) is 5. The minimum atomic E-state index is 0.0429. The highest BCUT2D eigenvalue weighted by molar-refractivity contribution is 7.15. The van der Waals surface area contributed by atoms with E-state index in [9.17, 15) is 0 Å². The van der Waals surface area contributed by atoms with Crippen LogP contribution in [-0.2, 0) is 18.4 Å². The zero-order valence-corrected chi connectivity index (χ0v) is 15.1. The third-order valence-corrected chi connectivity index (χ3v) is 5.69. The van der Waals surface area contributed by atoms with Crippen molar-refractivity contribution in [3.8, 4) is 0 Å². The molecular weight excluding hydrogens is 298 g/mol. The standard InChI is InChI=1S/C16H25N3S2/c1-11(9-12-7-6-8-20-12)19(5)15-18-14(16(2,3)4)13(10-17)21-15/h6-8,11H,9-10,17H2,1-5H3. The lowest BCUT2D eigenvalue weighted by molar-refractivity contribution is 0.564. The van der Waals surface area contributed by atoms with Gasteiger partial charge in [-0.25, -0.2) is 4.98 Å². The van der Waals surface area contributed by atoms with Gasteiger partial charge in [0.25, 0.3) is 0 Å². The summed E-state index contributed by atoms with van der Waals surface area (Å²) >= 11 is 3.55. The highest BCUT2D eigenvalue weighted by Gasteiger charge is 2.24. The van der Waals surface area contributed by atoms with Crippen molar-refractivity contribution >= 4 is 27.8 Å². The summed E-state index contributed by atoms with van der Waals surface area (Å²) in [4.78, 5) is 9.77. The van der Waals surface area contributed by atoms with Gasteiger partial charge in [-0.3, -0.25) is 0 Å². The number of aromatic nitrogens is 1. The van der Waals surface area contributed by atoms with Gasteiger partial charge in [0.2, 0.25) is 0 Å². The van der Waals surface area contributed by atoms with E-state index in [2.05, 4.69) is 57.2 Å². The number of nitrogens with two attached hydrogens (primary N) is 1. The van der Waals surface area contributed by atoms with E-state index in [-0.39, 0.29) is 5.41 Å². The van der Waals surface area contributed by atoms with Crippen molar-refractivity contribution in [1.82, 2.24) is 4.98 Å². The third-order valence-electron chi connectivity index (χ3n) is 3.62. The van der Waals surface area contributed by atoms with Gasteiger partial charge < -0.3 is 10.6 Å². The Bertz CT molecular complexity index is 567. The number of likely N-dealkylation sites (N-methyl/N-ethyl adjacent to an activating group) is 1. The van der Waals surface area contributed by atoms with Crippen molar-refractivity contribution in [3.63, 3.8) is 0 Å². The second-order valence-electron chi connectivity index (χ2n) is 6.47. The van der Waals surface area contributed by atoms with Crippen LogP contribution in [0.1, 0.15) is 43.1 Å². The second-order valence-corrected chi connectivity index (χ2v) is 8.56. The monoisotopic (exact) mass is 323 g/mol. The van der Waals surface area contributed by atoms with E-state index in [1.54, 1.807) is 11.3 Å². The van der Waals surface area contributed by atoms with Crippen molar-refractivity contribution in [1.29, 1.82) is 0 Å². The van der Waals surface area contributed by atoms with Crippen LogP contribution in [0.2, 0.25) is 0 Å². The van der Waals surface area contributed by atoms with Crippen molar-refractivity contribution in [3.05, 3.63) is 33.0 Å². The molecule has 2 rings (SSSR count). The Balaban J connectivity index is 2.19. The van der Waals surface area contributed by atoms with Crippen LogP contribution >= 0.6 is 22.7 Å². The maximum absolute atomic E-state index is 5.90. The molecule has 2 N–H and O–H groups in total. The first-order valence-electron chi connectivity index (χ1n) is 7.28. The number of anilines is 1. The minimum absolute atomic E-state index is 0.0429. The van der Waals surface area contributed by atoms with Gasteiger partial charge in [0.15, 0.2) is 5.13 Å². The molecule has 2 aromatic rings. The number of rotatable bonds is 5. The fraction of sp³-hybridized carbons (Fsp3) is 0.562. The number of hydrogen-bond donors (Lipinski definition) is 1. The smallest absolute Gasteiger partial charge is 0.185 e. The Labute approximate surface area is 135 Å². The Hall–Kier alpha value is -0.910. The van der Waals surface area contributed by atoms with Gasteiger partial charge in [0.1, 0.15) is 0 Å². The maximum atomic E-state index is 5.90. The molecule has 1 atom stereocenters. The van der Waals surface area contributed by atoms with Crippen LogP contribution in [0.4, 0.5) is 5.13 Å². The van der Waals surface area contributed by atoms with Gasteiger partial charge in [-0.15, -0.1) is 22.7 Å². The van der Waals surface area contributed by atoms with E-state index >= 15 is 0 Å². The molecule has 0 radical (unpaired) electrons. The molecular formula is C16H25N3S2. The van der Waals surface area contributed by atoms with E-state index in [4.69, 9.17) is 10.7 Å². The molecule has 0 fully saturated rings. The summed E-state index contributed by atoms with van der Waals surface area (Å²) in [6, 6.07) is 4.73. The summed E-state index contributed by atoms with van der Waals surface area (Å²) in [6.45, 7) is 9.40. The molecule has 0 spiro atoms. The van der Waals surface area contributed by atoms with Crippen LogP contribution < -0.4 is 10.6 Å². The molecule has 0 aliphatic carbocycles. The summed E-state index contributed by atoms with van der Waals surface area (Å²) < 4.78 is 0. The normalized spacial score (nSPS) is 13.4. The van der Waals surface area contributed by atoms with Crippen molar-refractivity contribution in [2.45, 2.75) is 52.1 Å². The highest BCUT2D eigenvalue weighted by Crippen LogP contribution is 2.34. The Kier molecular flexibility index (Phi) is 5.07. The third kappa shape index (κ3) is 3.84. The van der Waals surface area contributed by atoms with Gasteiger partial charge in [-0.05, 0) is 18.4 Å². The zero-order valence-electron chi connectivity index (χ0n) is 13.5. The summed E-state index contributed by atoms with van der Waals surface area (Å²) in [5.74, 6) is 0.